The van der Waals surface area contributed by atoms with Gasteiger partial charge >= 0.3 is 6.09 Å². The molecule has 2 fully saturated rings. The molecule has 2 N–H and O–H groups in total. The molecule has 1 aromatic carbocycles. The highest BCUT2D eigenvalue weighted by atomic mass is 16.6. The Morgan fingerprint density at radius 1 is 1.20 bits per heavy atom. The number of benzene rings is 1. The lowest BCUT2D eigenvalue weighted by Gasteiger charge is -2.39. The van der Waals surface area contributed by atoms with E-state index in [1.165, 1.54) is 5.56 Å². The van der Waals surface area contributed by atoms with Crippen molar-refractivity contribution in [1.29, 1.82) is 0 Å². The van der Waals surface area contributed by atoms with Crippen molar-refractivity contribution in [3.63, 3.8) is 0 Å². The summed E-state index contributed by atoms with van der Waals surface area (Å²) in [4.78, 5) is 26.4. The quantitative estimate of drug-likeness (QED) is 0.820. The van der Waals surface area contributed by atoms with E-state index in [1.807, 2.05) is 52.0 Å². The van der Waals surface area contributed by atoms with Crippen molar-refractivity contribution in [3.05, 3.63) is 35.4 Å². The molecule has 0 radical (unpaired) electrons. The zero-order valence-corrected chi connectivity index (χ0v) is 15.4. The lowest BCUT2D eigenvalue weighted by Crippen LogP contribution is -2.58. The molecule has 2 heterocycles. The Hall–Kier alpha value is -2.08. The van der Waals surface area contributed by atoms with Gasteiger partial charge in [-0.2, -0.15) is 0 Å². The summed E-state index contributed by atoms with van der Waals surface area (Å²) < 4.78 is 5.43. The van der Waals surface area contributed by atoms with E-state index in [2.05, 4.69) is 10.6 Å². The van der Waals surface area contributed by atoms with E-state index >= 15 is 0 Å². The van der Waals surface area contributed by atoms with Gasteiger partial charge in [0.2, 0.25) is 5.91 Å². The Morgan fingerprint density at radius 3 is 2.36 bits per heavy atom. The van der Waals surface area contributed by atoms with Crippen LogP contribution in [0.1, 0.15) is 50.8 Å². The fraction of sp³-hybridized carbons (Fsp3) is 0.579. The summed E-state index contributed by atoms with van der Waals surface area (Å²) in [5.41, 5.74) is 1.20. The first kappa shape index (κ1) is 17.7. The molecule has 1 unspecified atom stereocenters. The van der Waals surface area contributed by atoms with Crippen molar-refractivity contribution in [2.24, 2.45) is 0 Å². The maximum atomic E-state index is 12.5. The van der Waals surface area contributed by atoms with Gasteiger partial charge < -0.3 is 15.0 Å². The molecule has 0 aromatic heterocycles. The third-order valence-corrected chi connectivity index (χ3v) is 4.72. The number of aryl methyl sites for hydroxylation is 1. The maximum absolute atomic E-state index is 12.5. The average Bonchev–Trinajstić information content (AvgIpc) is 2.83. The van der Waals surface area contributed by atoms with E-state index in [1.54, 1.807) is 4.90 Å². The van der Waals surface area contributed by atoms with Crippen molar-refractivity contribution in [2.75, 3.05) is 13.1 Å². The molecule has 2 aliphatic heterocycles. The molecule has 1 aromatic rings. The lowest BCUT2D eigenvalue weighted by atomic mass is 9.97. The first-order valence-corrected chi connectivity index (χ1v) is 8.82. The Bertz CT molecular complexity index is 655. The zero-order valence-electron chi connectivity index (χ0n) is 15.4. The summed E-state index contributed by atoms with van der Waals surface area (Å²) in [6.07, 6.45) is 1.04. The monoisotopic (exact) mass is 345 g/mol. The minimum Gasteiger partial charge on any atom is -0.444 e. The van der Waals surface area contributed by atoms with Crippen LogP contribution in [0.3, 0.4) is 0 Å². The lowest BCUT2D eigenvalue weighted by molar-refractivity contribution is -0.121. The number of nitrogens with zero attached hydrogens (tertiary/aromatic N) is 1. The molecule has 2 amide bonds. The molecule has 1 spiro atoms. The number of carbonyl (C=O) groups is 2. The number of amides is 2. The summed E-state index contributed by atoms with van der Waals surface area (Å²) >= 11 is 0. The topological polar surface area (TPSA) is 70.7 Å². The number of hydrogen-bond donors (Lipinski definition) is 2. The summed E-state index contributed by atoms with van der Waals surface area (Å²) in [5.74, 6) is -0.00503. The predicted molar refractivity (Wildman–Crippen MR) is 95.0 cm³/mol. The summed E-state index contributed by atoms with van der Waals surface area (Å²) in [5, 5.41) is 6.57. The highest BCUT2D eigenvalue weighted by molar-refractivity contribution is 5.86. The van der Waals surface area contributed by atoms with Gasteiger partial charge in [0.25, 0.3) is 0 Å². The number of ether oxygens (including phenoxy) is 1. The van der Waals surface area contributed by atoms with Crippen molar-refractivity contribution in [3.8, 4) is 0 Å². The van der Waals surface area contributed by atoms with Crippen LogP contribution in [0.2, 0.25) is 0 Å². The van der Waals surface area contributed by atoms with E-state index in [0.29, 0.717) is 25.9 Å². The van der Waals surface area contributed by atoms with Crippen LogP contribution in [0, 0.1) is 6.92 Å². The normalized spacial score (nSPS) is 22.8. The number of piperidine rings is 1. The van der Waals surface area contributed by atoms with Crippen LogP contribution in [0.5, 0.6) is 0 Å². The maximum Gasteiger partial charge on any atom is 0.410 e. The Labute approximate surface area is 148 Å². The third-order valence-electron chi connectivity index (χ3n) is 4.72. The first-order chi connectivity index (χ1) is 11.7. The van der Waals surface area contributed by atoms with Gasteiger partial charge in [-0.1, -0.05) is 29.8 Å². The molecule has 2 aliphatic rings. The second-order valence-corrected chi connectivity index (χ2v) is 8.03. The molecule has 0 bridgehead atoms. The Balaban J connectivity index is 1.63. The van der Waals surface area contributed by atoms with Crippen molar-refractivity contribution in [1.82, 2.24) is 15.5 Å². The molecule has 3 rings (SSSR count). The summed E-state index contributed by atoms with van der Waals surface area (Å²) in [6.45, 7) is 8.73. The summed E-state index contributed by atoms with van der Waals surface area (Å²) in [7, 11) is 0. The van der Waals surface area contributed by atoms with Crippen LogP contribution in [0.15, 0.2) is 24.3 Å². The van der Waals surface area contributed by atoms with E-state index in [9.17, 15) is 9.59 Å². The predicted octanol–water partition coefficient (Wildman–Crippen LogP) is 2.48. The zero-order chi connectivity index (χ0) is 18.2. The van der Waals surface area contributed by atoms with Crippen molar-refractivity contribution < 1.29 is 14.3 Å². The highest BCUT2D eigenvalue weighted by Gasteiger charge is 2.46. The standard InChI is InChI=1S/C19H27N3O3/c1-13-5-7-14(8-6-13)15-16(23)21-19(20-15)9-11-22(12-10-19)17(24)25-18(2,3)4/h5-8,15,20H,9-12H2,1-4H3,(H,21,23). The fourth-order valence-corrected chi connectivity index (χ4v) is 3.35. The molecule has 0 aliphatic carbocycles. The second kappa shape index (κ2) is 6.33. The number of carbonyl (C=O) groups excluding carboxylic acids is 2. The molecular weight excluding hydrogens is 318 g/mol. The van der Waals surface area contributed by atoms with Crippen LogP contribution in [0.4, 0.5) is 4.79 Å². The largest absolute Gasteiger partial charge is 0.444 e. The number of nitrogens with one attached hydrogen (secondary N) is 2. The number of likely N-dealkylation sites (tertiary alicyclic amines) is 1. The first-order valence-electron chi connectivity index (χ1n) is 8.82. The van der Waals surface area contributed by atoms with Crippen LogP contribution in [0.25, 0.3) is 0 Å². The van der Waals surface area contributed by atoms with Gasteiger partial charge in [-0.25, -0.2) is 4.79 Å². The molecule has 136 valence electrons. The van der Waals surface area contributed by atoms with Gasteiger partial charge in [0.05, 0.1) is 5.66 Å². The minimum atomic E-state index is -0.497. The SMILES string of the molecule is Cc1ccc(C2NC3(CCN(C(=O)OC(C)(C)C)CC3)NC2=O)cc1. The van der Waals surface area contributed by atoms with Gasteiger partial charge in [0, 0.05) is 25.9 Å². The minimum absolute atomic E-state index is 0.00503. The summed E-state index contributed by atoms with van der Waals surface area (Å²) in [6, 6.07) is 7.66. The molecule has 6 nitrogen and oxygen atoms in total. The van der Waals surface area contributed by atoms with Crippen LogP contribution >= 0.6 is 0 Å². The molecule has 25 heavy (non-hydrogen) atoms. The molecule has 2 saturated heterocycles. The van der Waals surface area contributed by atoms with Crippen LogP contribution < -0.4 is 10.6 Å². The molecular formula is C19H27N3O3. The van der Waals surface area contributed by atoms with E-state index in [0.717, 1.165) is 5.56 Å². The van der Waals surface area contributed by atoms with Gasteiger partial charge in [-0.3, -0.25) is 10.1 Å². The number of rotatable bonds is 1. The molecule has 6 heteroatoms. The van der Waals surface area contributed by atoms with Gasteiger partial charge in [-0.15, -0.1) is 0 Å². The van der Waals surface area contributed by atoms with E-state index in [-0.39, 0.29) is 18.0 Å². The van der Waals surface area contributed by atoms with Gasteiger partial charge in [0.15, 0.2) is 0 Å². The highest BCUT2D eigenvalue weighted by Crippen LogP contribution is 2.30. The fourth-order valence-electron chi connectivity index (χ4n) is 3.35. The van der Waals surface area contributed by atoms with Crippen LogP contribution in [-0.2, 0) is 9.53 Å². The third kappa shape index (κ3) is 3.95. The molecule has 1 atom stereocenters. The van der Waals surface area contributed by atoms with Crippen molar-refractivity contribution in [2.45, 2.75) is 57.8 Å². The van der Waals surface area contributed by atoms with Crippen molar-refractivity contribution >= 4 is 12.0 Å². The van der Waals surface area contributed by atoms with Gasteiger partial charge in [-0.05, 0) is 33.3 Å². The Kier molecular flexibility index (Phi) is 4.49. The second-order valence-electron chi connectivity index (χ2n) is 8.03. The average molecular weight is 345 g/mol. The van der Waals surface area contributed by atoms with E-state index < -0.39 is 11.3 Å². The van der Waals surface area contributed by atoms with Crippen LogP contribution in [-0.4, -0.2) is 41.3 Å². The smallest absolute Gasteiger partial charge is 0.410 e. The molecule has 0 saturated carbocycles. The van der Waals surface area contributed by atoms with E-state index in [4.69, 9.17) is 4.74 Å². The Morgan fingerprint density at radius 2 is 1.80 bits per heavy atom. The number of hydrogen-bond acceptors (Lipinski definition) is 4. The van der Waals surface area contributed by atoms with Gasteiger partial charge in [0.1, 0.15) is 11.6 Å².